The van der Waals surface area contributed by atoms with E-state index in [0.717, 1.165) is 27.7 Å². The highest BCUT2D eigenvalue weighted by Gasteiger charge is 2.35. The van der Waals surface area contributed by atoms with Gasteiger partial charge in [0.2, 0.25) is 17.6 Å². The first-order valence-corrected chi connectivity index (χ1v) is 9.65. The number of hydrogen-bond donors (Lipinski definition) is 0. The fourth-order valence-electron chi connectivity index (χ4n) is 3.85. The number of nitrogens with zero attached hydrogens (tertiary/aromatic N) is 4. The van der Waals surface area contributed by atoms with Crippen LogP contribution in [0, 0.1) is 13.8 Å². The van der Waals surface area contributed by atoms with E-state index >= 15 is 0 Å². The molecule has 0 spiro atoms. The monoisotopic (exact) mass is 384 g/mol. The summed E-state index contributed by atoms with van der Waals surface area (Å²) in [5, 5.41) is 5.16. The summed E-state index contributed by atoms with van der Waals surface area (Å²) in [7, 11) is 0. The van der Waals surface area contributed by atoms with Gasteiger partial charge in [0, 0.05) is 35.8 Å². The van der Waals surface area contributed by atoms with Gasteiger partial charge in [0.05, 0.1) is 11.4 Å². The lowest BCUT2D eigenvalue weighted by atomic mass is 10.1. The molecular weight excluding hydrogens is 364 g/mol. The molecule has 2 aromatic heterocycles. The first kappa shape index (κ1) is 17.6. The lowest BCUT2D eigenvalue weighted by Gasteiger charge is -2.19. The van der Waals surface area contributed by atoms with E-state index in [9.17, 15) is 4.79 Å². The van der Waals surface area contributed by atoms with Gasteiger partial charge in [-0.1, -0.05) is 35.5 Å². The minimum Gasteiger partial charge on any atom is -0.339 e. The summed E-state index contributed by atoms with van der Waals surface area (Å²) >= 11 is 0. The van der Waals surface area contributed by atoms with Gasteiger partial charge in [-0.05, 0) is 43.2 Å². The first-order valence-electron chi connectivity index (χ1n) is 9.65. The SMILES string of the molecule is Cc1cccc(N2CC(c3nc(-c4cnc5ccccc5c4)no3)CC2=O)c1C. The van der Waals surface area contributed by atoms with Gasteiger partial charge in [-0.25, -0.2) is 0 Å². The van der Waals surface area contributed by atoms with Gasteiger partial charge in [0.1, 0.15) is 0 Å². The predicted octanol–water partition coefficient (Wildman–Crippen LogP) is 4.42. The molecule has 3 heterocycles. The minimum absolute atomic E-state index is 0.0795. The second kappa shape index (κ2) is 6.81. The minimum atomic E-state index is -0.114. The largest absolute Gasteiger partial charge is 0.339 e. The Morgan fingerprint density at radius 2 is 1.97 bits per heavy atom. The third kappa shape index (κ3) is 3.06. The summed E-state index contributed by atoms with van der Waals surface area (Å²) in [6, 6.07) is 15.9. The Hall–Kier alpha value is -3.54. The van der Waals surface area contributed by atoms with Crippen LogP contribution in [0.1, 0.15) is 29.4 Å². The van der Waals surface area contributed by atoms with E-state index in [4.69, 9.17) is 4.52 Å². The van der Waals surface area contributed by atoms with Gasteiger partial charge in [0.25, 0.3) is 0 Å². The van der Waals surface area contributed by atoms with Crippen molar-refractivity contribution >= 4 is 22.5 Å². The Kier molecular flexibility index (Phi) is 4.12. The molecule has 2 aromatic carbocycles. The molecule has 1 aliphatic rings. The molecule has 29 heavy (non-hydrogen) atoms. The molecule has 6 nitrogen and oxygen atoms in total. The summed E-state index contributed by atoms with van der Waals surface area (Å²) in [6.45, 7) is 4.64. The molecule has 144 valence electrons. The molecule has 0 bridgehead atoms. The fourth-order valence-corrected chi connectivity index (χ4v) is 3.85. The Labute approximate surface area is 168 Å². The molecule has 1 unspecified atom stereocenters. The van der Waals surface area contributed by atoms with E-state index < -0.39 is 0 Å². The fraction of sp³-hybridized carbons (Fsp3) is 0.217. The highest BCUT2D eigenvalue weighted by atomic mass is 16.5. The maximum atomic E-state index is 12.7. The highest BCUT2D eigenvalue weighted by Crippen LogP contribution is 2.34. The molecule has 1 aliphatic heterocycles. The molecule has 1 saturated heterocycles. The van der Waals surface area contributed by atoms with Gasteiger partial charge in [-0.2, -0.15) is 4.98 Å². The lowest BCUT2D eigenvalue weighted by molar-refractivity contribution is -0.117. The second-order valence-corrected chi connectivity index (χ2v) is 7.50. The van der Waals surface area contributed by atoms with Crippen LogP contribution in [-0.2, 0) is 4.79 Å². The van der Waals surface area contributed by atoms with Crippen molar-refractivity contribution < 1.29 is 9.32 Å². The van der Waals surface area contributed by atoms with Crippen LogP contribution in [0.2, 0.25) is 0 Å². The van der Waals surface area contributed by atoms with E-state index in [0.29, 0.717) is 24.7 Å². The molecule has 0 aliphatic carbocycles. The Morgan fingerprint density at radius 1 is 1.10 bits per heavy atom. The molecule has 4 aromatic rings. The maximum Gasteiger partial charge on any atom is 0.232 e. The van der Waals surface area contributed by atoms with Gasteiger partial charge < -0.3 is 9.42 Å². The smallest absolute Gasteiger partial charge is 0.232 e. The topological polar surface area (TPSA) is 72.1 Å². The number of para-hydroxylation sites is 1. The van der Waals surface area contributed by atoms with Crippen LogP contribution < -0.4 is 4.90 Å². The standard InChI is InChI=1S/C23H20N4O2/c1-14-6-5-9-20(15(14)2)27-13-18(11-21(27)28)23-25-22(26-29-23)17-10-16-7-3-4-8-19(16)24-12-17/h3-10,12,18H,11,13H2,1-2H3. The van der Waals surface area contributed by atoms with E-state index in [-0.39, 0.29) is 11.8 Å². The van der Waals surface area contributed by atoms with Crippen LogP contribution in [0.5, 0.6) is 0 Å². The number of anilines is 1. The van der Waals surface area contributed by atoms with Crippen molar-refractivity contribution in [1.82, 2.24) is 15.1 Å². The number of pyridine rings is 1. The average molecular weight is 384 g/mol. The van der Waals surface area contributed by atoms with E-state index in [1.807, 2.05) is 54.3 Å². The number of amides is 1. The van der Waals surface area contributed by atoms with Crippen molar-refractivity contribution in [3.8, 4) is 11.4 Å². The van der Waals surface area contributed by atoms with Crippen molar-refractivity contribution in [3.63, 3.8) is 0 Å². The molecule has 1 fully saturated rings. The van der Waals surface area contributed by atoms with E-state index in [2.05, 4.69) is 28.1 Å². The van der Waals surface area contributed by atoms with Crippen LogP contribution in [0.15, 0.2) is 59.3 Å². The van der Waals surface area contributed by atoms with Gasteiger partial charge in [-0.3, -0.25) is 9.78 Å². The molecule has 1 atom stereocenters. The summed E-state index contributed by atoms with van der Waals surface area (Å²) in [6.07, 6.45) is 2.12. The van der Waals surface area contributed by atoms with E-state index in [1.54, 1.807) is 6.20 Å². The summed E-state index contributed by atoms with van der Waals surface area (Å²) in [5.74, 6) is 0.957. The average Bonchev–Trinajstić information content (AvgIpc) is 3.37. The van der Waals surface area contributed by atoms with Crippen LogP contribution in [0.3, 0.4) is 0 Å². The predicted molar refractivity (Wildman–Crippen MR) is 111 cm³/mol. The molecule has 0 radical (unpaired) electrons. The van der Waals surface area contributed by atoms with Crippen molar-refractivity contribution in [3.05, 3.63) is 71.7 Å². The lowest BCUT2D eigenvalue weighted by Crippen LogP contribution is -2.25. The van der Waals surface area contributed by atoms with Crippen molar-refractivity contribution in [2.75, 3.05) is 11.4 Å². The molecule has 1 amide bonds. The molecule has 6 heteroatoms. The highest BCUT2D eigenvalue weighted by molar-refractivity contribution is 5.97. The number of hydrogen-bond acceptors (Lipinski definition) is 5. The summed E-state index contributed by atoms with van der Waals surface area (Å²) < 4.78 is 5.53. The Bertz CT molecular complexity index is 1230. The molecule has 5 rings (SSSR count). The van der Waals surface area contributed by atoms with Crippen LogP contribution >= 0.6 is 0 Å². The number of carbonyl (C=O) groups is 1. The Balaban J connectivity index is 1.42. The van der Waals surface area contributed by atoms with Gasteiger partial charge >= 0.3 is 0 Å². The zero-order chi connectivity index (χ0) is 20.0. The quantitative estimate of drug-likeness (QED) is 0.523. The number of carbonyl (C=O) groups excluding carboxylic acids is 1. The zero-order valence-electron chi connectivity index (χ0n) is 16.3. The van der Waals surface area contributed by atoms with Crippen LogP contribution in [0.25, 0.3) is 22.3 Å². The molecular formula is C23H20N4O2. The molecule has 0 saturated carbocycles. The third-order valence-corrected chi connectivity index (χ3v) is 5.63. The van der Waals surface area contributed by atoms with Gasteiger partial charge in [-0.15, -0.1) is 0 Å². The number of aryl methyl sites for hydroxylation is 1. The zero-order valence-corrected chi connectivity index (χ0v) is 16.3. The van der Waals surface area contributed by atoms with Gasteiger partial charge in [0.15, 0.2) is 0 Å². The first-order chi connectivity index (χ1) is 14.1. The summed E-state index contributed by atoms with van der Waals surface area (Å²) in [5.41, 5.74) is 4.97. The normalized spacial score (nSPS) is 16.7. The second-order valence-electron chi connectivity index (χ2n) is 7.50. The molecule has 0 N–H and O–H groups in total. The third-order valence-electron chi connectivity index (χ3n) is 5.63. The number of rotatable bonds is 3. The number of benzene rings is 2. The summed E-state index contributed by atoms with van der Waals surface area (Å²) in [4.78, 5) is 23.5. The van der Waals surface area contributed by atoms with Crippen LogP contribution in [0.4, 0.5) is 5.69 Å². The number of fused-ring (bicyclic) bond motifs is 1. The van der Waals surface area contributed by atoms with Crippen molar-refractivity contribution in [1.29, 1.82) is 0 Å². The van der Waals surface area contributed by atoms with Crippen molar-refractivity contribution in [2.24, 2.45) is 0 Å². The van der Waals surface area contributed by atoms with Crippen molar-refractivity contribution in [2.45, 2.75) is 26.2 Å². The maximum absolute atomic E-state index is 12.7. The van der Waals surface area contributed by atoms with E-state index in [1.165, 1.54) is 5.56 Å². The Morgan fingerprint density at radius 3 is 2.86 bits per heavy atom. The van der Waals surface area contributed by atoms with Crippen LogP contribution in [-0.4, -0.2) is 27.6 Å². The number of aromatic nitrogens is 3.